The van der Waals surface area contributed by atoms with Crippen LogP contribution in [-0.2, 0) is 11.3 Å². The number of amides is 1. The molecule has 0 atom stereocenters. The summed E-state index contributed by atoms with van der Waals surface area (Å²) >= 11 is 0. The summed E-state index contributed by atoms with van der Waals surface area (Å²) in [6.45, 7) is 2.52. The Morgan fingerprint density at radius 2 is 1.92 bits per heavy atom. The second-order valence-corrected chi connectivity index (χ2v) is 5.94. The van der Waals surface area contributed by atoms with Crippen LogP contribution in [0.3, 0.4) is 0 Å². The van der Waals surface area contributed by atoms with Gasteiger partial charge in [-0.25, -0.2) is 4.98 Å². The first-order chi connectivity index (χ1) is 12.3. The minimum absolute atomic E-state index is 0.0559. The van der Waals surface area contributed by atoms with Crippen LogP contribution in [0.25, 0.3) is 0 Å². The van der Waals surface area contributed by atoms with Gasteiger partial charge >= 0.3 is 0 Å². The maximum Gasteiger partial charge on any atom is 0.258 e. The van der Waals surface area contributed by atoms with E-state index in [4.69, 9.17) is 9.47 Å². The lowest BCUT2D eigenvalue weighted by molar-refractivity contribution is -0.123. The number of aromatic nitrogens is 1. The van der Waals surface area contributed by atoms with E-state index in [0.717, 1.165) is 24.5 Å². The molecule has 132 valence electrons. The highest BCUT2D eigenvalue weighted by atomic mass is 16.5. The smallest absolute Gasteiger partial charge is 0.258 e. The standard InChI is InChI=1S/C19H23N3O3/c1-24-16-6-2-3-7-17(16)25-14-19(23)21-13-15-8-9-18(20-12-15)22-10-4-5-11-22/h2-3,6-9,12H,4-5,10-11,13-14H2,1H3,(H,21,23). The van der Waals surface area contributed by atoms with Crippen LogP contribution < -0.4 is 19.7 Å². The average molecular weight is 341 g/mol. The lowest BCUT2D eigenvalue weighted by Gasteiger charge is -2.16. The number of ether oxygens (including phenoxy) is 2. The maximum absolute atomic E-state index is 12.0. The van der Waals surface area contributed by atoms with E-state index in [1.54, 1.807) is 19.2 Å². The number of para-hydroxylation sites is 2. The number of benzene rings is 1. The van der Waals surface area contributed by atoms with Gasteiger partial charge in [-0.15, -0.1) is 0 Å². The lowest BCUT2D eigenvalue weighted by atomic mass is 10.2. The van der Waals surface area contributed by atoms with Gasteiger partial charge < -0.3 is 19.7 Å². The van der Waals surface area contributed by atoms with Crippen LogP contribution in [0.1, 0.15) is 18.4 Å². The van der Waals surface area contributed by atoms with Gasteiger partial charge in [0, 0.05) is 25.8 Å². The highest BCUT2D eigenvalue weighted by Gasteiger charge is 2.13. The Labute approximate surface area is 147 Å². The molecule has 0 unspecified atom stereocenters. The van der Waals surface area contributed by atoms with E-state index >= 15 is 0 Å². The van der Waals surface area contributed by atoms with Crippen molar-refractivity contribution in [2.45, 2.75) is 19.4 Å². The largest absolute Gasteiger partial charge is 0.493 e. The molecule has 2 aromatic rings. The summed E-state index contributed by atoms with van der Waals surface area (Å²) in [6, 6.07) is 11.3. The summed E-state index contributed by atoms with van der Waals surface area (Å²) in [6.07, 6.45) is 4.27. The predicted octanol–water partition coefficient (Wildman–Crippen LogP) is 2.39. The van der Waals surface area contributed by atoms with Crippen LogP contribution in [-0.4, -0.2) is 37.7 Å². The number of methoxy groups -OCH3 is 1. The Morgan fingerprint density at radius 1 is 1.16 bits per heavy atom. The van der Waals surface area contributed by atoms with E-state index in [-0.39, 0.29) is 12.5 Å². The van der Waals surface area contributed by atoms with Crippen molar-refractivity contribution in [1.82, 2.24) is 10.3 Å². The third-order valence-corrected chi connectivity index (χ3v) is 4.16. The third kappa shape index (κ3) is 4.62. The van der Waals surface area contributed by atoms with Gasteiger partial charge in [-0.2, -0.15) is 0 Å². The Bertz CT molecular complexity index is 697. The summed E-state index contributed by atoms with van der Waals surface area (Å²) in [4.78, 5) is 18.7. The predicted molar refractivity (Wildman–Crippen MR) is 96.0 cm³/mol. The molecule has 0 aliphatic carbocycles. The number of carbonyl (C=O) groups excluding carboxylic acids is 1. The zero-order valence-electron chi connectivity index (χ0n) is 14.4. The molecule has 1 amide bonds. The van der Waals surface area contributed by atoms with E-state index in [2.05, 4.69) is 15.2 Å². The summed E-state index contributed by atoms with van der Waals surface area (Å²) in [5, 5.41) is 2.84. The van der Waals surface area contributed by atoms with Crippen molar-refractivity contribution < 1.29 is 14.3 Å². The number of hydrogen-bond acceptors (Lipinski definition) is 5. The van der Waals surface area contributed by atoms with Crippen molar-refractivity contribution in [2.24, 2.45) is 0 Å². The number of carbonyl (C=O) groups is 1. The SMILES string of the molecule is COc1ccccc1OCC(=O)NCc1ccc(N2CCCC2)nc1. The quantitative estimate of drug-likeness (QED) is 0.838. The molecule has 1 fully saturated rings. The van der Waals surface area contributed by atoms with Crippen molar-refractivity contribution in [3.8, 4) is 11.5 Å². The highest BCUT2D eigenvalue weighted by Crippen LogP contribution is 2.25. The number of pyridine rings is 1. The maximum atomic E-state index is 12.0. The molecule has 25 heavy (non-hydrogen) atoms. The molecule has 0 saturated carbocycles. The summed E-state index contributed by atoms with van der Waals surface area (Å²) in [7, 11) is 1.57. The molecule has 1 saturated heterocycles. The molecule has 1 aliphatic rings. The van der Waals surface area contributed by atoms with E-state index < -0.39 is 0 Å². The minimum atomic E-state index is -0.186. The van der Waals surface area contributed by atoms with Gasteiger partial charge in [0.05, 0.1) is 7.11 Å². The van der Waals surface area contributed by atoms with E-state index in [9.17, 15) is 4.79 Å². The lowest BCUT2D eigenvalue weighted by Crippen LogP contribution is -2.28. The third-order valence-electron chi connectivity index (χ3n) is 4.16. The zero-order valence-corrected chi connectivity index (χ0v) is 14.4. The van der Waals surface area contributed by atoms with Gasteiger partial charge in [0.15, 0.2) is 18.1 Å². The molecular weight excluding hydrogens is 318 g/mol. The zero-order chi connectivity index (χ0) is 17.5. The van der Waals surface area contributed by atoms with E-state index in [1.807, 2.05) is 30.5 Å². The number of anilines is 1. The molecule has 1 aromatic heterocycles. The van der Waals surface area contributed by atoms with Crippen LogP contribution in [0.2, 0.25) is 0 Å². The van der Waals surface area contributed by atoms with Crippen molar-refractivity contribution in [1.29, 1.82) is 0 Å². The fourth-order valence-corrected chi connectivity index (χ4v) is 2.79. The molecule has 3 rings (SSSR count). The van der Waals surface area contributed by atoms with Crippen LogP contribution in [0.4, 0.5) is 5.82 Å². The second kappa shape index (κ2) is 8.37. The fourth-order valence-electron chi connectivity index (χ4n) is 2.79. The fraction of sp³-hybridized carbons (Fsp3) is 0.368. The van der Waals surface area contributed by atoms with Crippen molar-refractivity contribution in [2.75, 3.05) is 31.7 Å². The monoisotopic (exact) mass is 341 g/mol. The van der Waals surface area contributed by atoms with Gasteiger partial charge in [0.2, 0.25) is 0 Å². The Morgan fingerprint density at radius 3 is 2.60 bits per heavy atom. The minimum Gasteiger partial charge on any atom is -0.493 e. The van der Waals surface area contributed by atoms with Gasteiger partial charge in [-0.05, 0) is 36.6 Å². The molecule has 2 heterocycles. The molecule has 1 aliphatic heterocycles. The van der Waals surface area contributed by atoms with Gasteiger partial charge in [-0.1, -0.05) is 18.2 Å². The average Bonchev–Trinajstić information content (AvgIpc) is 3.20. The summed E-state index contributed by atoms with van der Waals surface area (Å²) < 4.78 is 10.7. The first-order valence-corrected chi connectivity index (χ1v) is 8.48. The first-order valence-electron chi connectivity index (χ1n) is 8.48. The summed E-state index contributed by atoms with van der Waals surface area (Å²) in [5.74, 6) is 1.98. The molecule has 0 radical (unpaired) electrons. The van der Waals surface area contributed by atoms with E-state index in [1.165, 1.54) is 12.8 Å². The highest BCUT2D eigenvalue weighted by molar-refractivity contribution is 5.77. The molecule has 1 aromatic carbocycles. The molecule has 0 spiro atoms. The van der Waals surface area contributed by atoms with Crippen LogP contribution >= 0.6 is 0 Å². The topological polar surface area (TPSA) is 63.7 Å². The number of nitrogens with one attached hydrogen (secondary N) is 1. The van der Waals surface area contributed by atoms with Crippen LogP contribution in [0.5, 0.6) is 11.5 Å². The van der Waals surface area contributed by atoms with Gasteiger partial charge in [0.25, 0.3) is 5.91 Å². The second-order valence-electron chi connectivity index (χ2n) is 5.94. The molecule has 1 N–H and O–H groups in total. The summed E-state index contributed by atoms with van der Waals surface area (Å²) in [5.41, 5.74) is 0.966. The van der Waals surface area contributed by atoms with Gasteiger partial charge in [-0.3, -0.25) is 4.79 Å². The number of rotatable bonds is 7. The first kappa shape index (κ1) is 17.1. The molecule has 6 heteroatoms. The van der Waals surface area contributed by atoms with Crippen molar-refractivity contribution in [3.63, 3.8) is 0 Å². The molecule has 6 nitrogen and oxygen atoms in total. The van der Waals surface area contributed by atoms with Gasteiger partial charge in [0.1, 0.15) is 5.82 Å². The Kier molecular flexibility index (Phi) is 5.72. The molecule has 0 bridgehead atoms. The normalized spacial score (nSPS) is 13.6. The van der Waals surface area contributed by atoms with Crippen molar-refractivity contribution >= 4 is 11.7 Å². The van der Waals surface area contributed by atoms with Crippen molar-refractivity contribution in [3.05, 3.63) is 48.2 Å². The molecular formula is C19H23N3O3. The van der Waals surface area contributed by atoms with Crippen LogP contribution in [0.15, 0.2) is 42.6 Å². The number of nitrogens with zero attached hydrogens (tertiary/aromatic N) is 2. The Hall–Kier alpha value is -2.76. The van der Waals surface area contributed by atoms with E-state index in [0.29, 0.717) is 18.0 Å². The van der Waals surface area contributed by atoms with Crippen LogP contribution in [0, 0.1) is 0 Å². The Balaban J connectivity index is 1.45. The number of hydrogen-bond donors (Lipinski definition) is 1.